The summed E-state index contributed by atoms with van der Waals surface area (Å²) in [7, 11) is 1.61. The van der Waals surface area contributed by atoms with E-state index in [1.807, 2.05) is 0 Å². The maximum Gasteiger partial charge on any atom is 0.315 e. The molecule has 8 nitrogen and oxygen atoms in total. The number of ether oxygens (including phenoxy) is 1. The number of amides is 1. The molecule has 8 heteroatoms. The number of nitrogens with zero attached hydrogens (tertiary/aromatic N) is 2. The number of hydrogen-bond acceptors (Lipinski definition) is 6. The fraction of sp³-hybridized carbons (Fsp3) is 0.417. The maximum absolute atomic E-state index is 11.5. The van der Waals surface area contributed by atoms with Crippen LogP contribution in [-0.2, 0) is 9.53 Å². The highest BCUT2D eigenvalue weighted by atomic mass is 16.6. The zero-order valence-corrected chi connectivity index (χ0v) is 11.0. The number of benzene rings is 1. The lowest BCUT2D eigenvalue weighted by Crippen LogP contribution is -2.52. The Morgan fingerprint density at radius 3 is 2.95 bits per heavy atom. The average Bonchev–Trinajstić information content (AvgIpc) is 2.46. The molecule has 108 valence electrons. The first kappa shape index (κ1) is 14.1. The second-order valence-electron chi connectivity index (χ2n) is 4.37. The molecule has 1 aliphatic rings. The number of primary amides is 1. The van der Waals surface area contributed by atoms with Gasteiger partial charge in [0.05, 0.1) is 18.1 Å². The molecule has 1 saturated heterocycles. The van der Waals surface area contributed by atoms with E-state index in [0.29, 0.717) is 24.5 Å². The van der Waals surface area contributed by atoms with Crippen LogP contribution in [0.5, 0.6) is 0 Å². The van der Waals surface area contributed by atoms with Gasteiger partial charge < -0.3 is 20.7 Å². The van der Waals surface area contributed by atoms with Gasteiger partial charge in [-0.15, -0.1) is 0 Å². The average molecular weight is 280 g/mol. The summed E-state index contributed by atoms with van der Waals surface area (Å²) >= 11 is 0. The van der Waals surface area contributed by atoms with Gasteiger partial charge in [0, 0.05) is 13.6 Å². The van der Waals surface area contributed by atoms with Crippen molar-refractivity contribution < 1.29 is 14.5 Å². The number of para-hydroxylation sites is 1. The molecular formula is C12H16N4O4. The number of nitrogens with one attached hydrogen (secondary N) is 1. The van der Waals surface area contributed by atoms with Gasteiger partial charge in [0.2, 0.25) is 5.91 Å². The Morgan fingerprint density at radius 1 is 1.60 bits per heavy atom. The lowest BCUT2D eigenvalue weighted by molar-refractivity contribution is -0.383. The minimum atomic E-state index is -0.699. The molecule has 1 unspecified atom stereocenters. The van der Waals surface area contributed by atoms with Crippen molar-refractivity contribution in [1.82, 2.24) is 0 Å². The van der Waals surface area contributed by atoms with E-state index in [-0.39, 0.29) is 12.3 Å². The first-order valence-corrected chi connectivity index (χ1v) is 6.15. The molecule has 1 fully saturated rings. The first-order chi connectivity index (χ1) is 9.56. The largest absolute Gasteiger partial charge is 0.382 e. The number of hydrogen-bond donors (Lipinski definition) is 2. The predicted octanol–water partition coefficient (Wildman–Crippen LogP) is 0.327. The summed E-state index contributed by atoms with van der Waals surface area (Å²) in [6.45, 7) is 0.905. The molecule has 0 bridgehead atoms. The third-order valence-electron chi connectivity index (χ3n) is 3.23. The molecule has 1 aromatic carbocycles. The van der Waals surface area contributed by atoms with Gasteiger partial charge in [-0.3, -0.25) is 14.9 Å². The minimum Gasteiger partial charge on any atom is -0.382 e. The molecule has 0 aliphatic carbocycles. The molecule has 0 radical (unpaired) electrons. The Balaban J connectivity index is 2.50. The highest BCUT2D eigenvalue weighted by Crippen LogP contribution is 2.36. The van der Waals surface area contributed by atoms with Crippen LogP contribution in [0.3, 0.4) is 0 Å². The zero-order valence-electron chi connectivity index (χ0n) is 11.0. The van der Waals surface area contributed by atoms with Crippen molar-refractivity contribution in [3.63, 3.8) is 0 Å². The summed E-state index contributed by atoms with van der Waals surface area (Å²) in [5.41, 5.74) is 6.04. The number of morpholine rings is 1. The molecule has 0 aromatic heterocycles. The summed E-state index contributed by atoms with van der Waals surface area (Å²) in [5.74, 6) is -0.561. The van der Waals surface area contributed by atoms with Crippen LogP contribution in [0.4, 0.5) is 17.1 Å². The quantitative estimate of drug-likeness (QED) is 0.607. The molecular weight excluding hydrogens is 264 g/mol. The zero-order chi connectivity index (χ0) is 14.7. The van der Waals surface area contributed by atoms with E-state index in [1.165, 1.54) is 0 Å². The number of carbonyl (C=O) groups excluding carboxylic acids is 1. The Morgan fingerprint density at radius 2 is 2.35 bits per heavy atom. The van der Waals surface area contributed by atoms with Crippen molar-refractivity contribution in [2.75, 3.05) is 37.0 Å². The van der Waals surface area contributed by atoms with Crippen LogP contribution in [0.2, 0.25) is 0 Å². The van der Waals surface area contributed by atoms with Crippen LogP contribution in [0.15, 0.2) is 18.2 Å². The van der Waals surface area contributed by atoms with E-state index in [0.717, 1.165) is 0 Å². The van der Waals surface area contributed by atoms with Crippen LogP contribution in [0.25, 0.3) is 0 Å². The number of nitrogens with two attached hydrogens (primary N) is 1. The van der Waals surface area contributed by atoms with Gasteiger partial charge in [-0.05, 0) is 12.1 Å². The SMILES string of the molecule is CNc1cccc(N2CCOCC2C(N)=O)c1[N+](=O)[O-]. The summed E-state index contributed by atoms with van der Waals surface area (Å²) in [6, 6.07) is 4.22. The van der Waals surface area contributed by atoms with Crippen molar-refractivity contribution in [2.24, 2.45) is 5.73 Å². The second-order valence-corrected chi connectivity index (χ2v) is 4.37. The predicted molar refractivity (Wildman–Crippen MR) is 73.8 cm³/mol. The van der Waals surface area contributed by atoms with E-state index in [2.05, 4.69) is 5.32 Å². The number of nitro groups is 1. The summed E-state index contributed by atoms with van der Waals surface area (Å²) < 4.78 is 5.22. The van der Waals surface area contributed by atoms with E-state index < -0.39 is 16.9 Å². The van der Waals surface area contributed by atoms with Crippen molar-refractivity contribution in [3.05, 3.63) is 28.3 Å². The molecule has 1 amide bonds. The number of rotatable bonds is 4. The maximum atomic E-state index is 11.5. The Hall–Kier alpha value is -2.35. The van der Waals surface area contributed by atoms with Gasteiger partial charge in [0.25, 0.3) is 0 Å². The van der Waals surface area contributed by atoms with Crippen molar-refractivity contribution in [2.45, 2.75) is 6.04 Å². The summed E-state index contributed by atoms with van der Waals surface area (Å²) in [6.07, 6.45) is 0. The van der Waals surface area contributed by atoms with Crippen LogP contribution in [0.1, 0.15) is 0 Å². The van der Waals surface area contributed by atoms with Gasteiger partial charge in [-0.2, -0.15) is 0 Å². The first-order valence-electron chi connectivity index (χ1n) is 6.15. The van der Waals surface area contributed by atoms with E-state index >= 15 is 0 Å². The normalized spacial score (nSPS) is 18.6. The highest BCUT2D eigenvalue weighted by Gasteiger charge is 2.33. The Bertz CT molecular complexity index is 534. The molecule has 2 rings (SSSR count). The molecule has 1 heterocycles. The van der Waals surface area contributed by atoms with Gasteiger partial charge in [-0.1, -0.05) is 6.07 Å². The van der Waals surface area contributed by atoms with Gasteiger partial charge in [0.1, 0.15) is 17.4 Å². The molecule has 1 atom stereocenters. The number of carbonyl (C=O) groups is 1. The Kier molecular flexibility index (Phi) is 4.04. The molecule has 1 aromatic rings. The lowest BCUT2D eigenvalue weighted by Gasteiger charge is -2.35. The second kappa shape index (κ2) is 5.74. The van der Waals surface area contributed by atoms with Crippen molar-refractivity contribution in [1.29, 1.82) is 0 Å². The van der Waals surface area contributed by atoms with Crippen LogP contribution in [0, 0.1) is 10.1 Å². The van der Waals surface area contributed by atoms with Crippen molar-refractivity contribution >= 4 is 23.0 Å². The molecule has 20 heavy (non-hydrogen) atoms. The highest BCUT2D eigenvalue weighted by molar-refractivity contribution is 5.87. The molecule has 0 spiro atoms. The third kappa shape index (κ3) is 2.50. The third-order valence-corrected chi connectivity index (χ3v) is 3.23. The van der Waals surface area contributed by atoms with Gasteiger partial charge >= 0.3 is 5.69 Å². The lowest BCUT2D eigenvalue weighted by atomic mass is 10.1. The fourth-order valence-corrected chi connectivity index (χ4v) is 2.28. The van der Waals surface area contributed by atoms with Crippen LogP contribution in [-0.4, -0.2) is 43.7 Å². The van der Waals surface area contributed by atoms with Crippen LogP contribution < -0.4 is 16.0 Å². The van der Waals surface area contributed by atoms with Crippen molar-refractivity contribution in [3.8, 4) is 0 Å². The molecule has 0 saturated carbocycles. The van der Waals surface area contributed by atoms with Gasteiger partial charge in [-0.25, -0.2) is 0 Å². The van der Waals surface area contributed by atoms with E-state index in [9.17, 15) is 14.9 Å². The number of anilines is 2. The van der Waals surface area contributed by atoms with Crippen LogP contribution >= 0.6 is 0 Å². The topological polar surface area (TPSA) is 111 Å². The number of nitro benzene ring substituents is 1. The Labute approximate surface area is 115 Å². The smallest absolute Gasteiger partial charge is 0.315 e. The monoisotopic (exact) mass is 280 g/mol. The molecule has 1 aliphatic heterocycles. The fourth-order valence-electron chi connectivity index (χ4n) is 2.28. The van der Waals surface area contributed by atoms with E-state index in [4.69, 9.17) is 10.5 Å². The summed E-state index contributed by atoms with van der Waals surface area (Å²) in [5, 5.41) is 14.1. The summed E-state index contributed by atoms with van der Waals surface area (Å²) in [4.78, 5) is 24.0. The minimum absolute atomic E-state index is 0.0665. The standard InChI is InChI=1S/C12H16N4O4/c1-14-8-3-2-4-9(11(8)16(18)19)15-5-6-20-7-10(15)12(13)17/h2-4,10,14H,5-7H2,1H3,(H2,13,17). The van der Waals surface area contributed by atoms with E-state index in [1.54, 1.807) is 30.1 Å². The van der Waals surface area contributed by atoms with Gasteiger partial charge in [0.15, 0.2) is 0 Å². The molecule has 3 N–H and O–H groups in total.